The van der Waals surface area contributed by atoms with Crippen LogP contribution in [0.1, 0.15) is 59.8 Å². The molecule has 2 rings (SSSR count). The van der Waals surface area contributed by atoms with Crippen LogP contribution in [0.5, 0.6) is 0 Å². The van der Waals surface area contributed by atoms with Gasteiger partial charge in [-0.1, -0.05) is 13.3 Å². The predicted molar refractivity (Wildman–Crippen MR) is 89.7 cm³/mol. The van der Waals surface area contributed by atoms with Crippen LogP contribution in [-0.2, 0) is 4.74 Å². The van der Waals surface area contributed by atoms with Crippen LogP contribution in [0.2, 0.25) is 0 Å². The van der Waals surface area contributed by atoms with Crippen LogP contribution in [0.4, 0.5) is 0 Å². The molecule has 3 nitrogen and oxygen atoms in total. The van der Waals surface area contributed by atoms with E-state index in [-0.39, 0.29) is 5.54 Å². The molecule has 1 unspecified atom stereocenters. The summed E-state index contributed by atoms with van der Waals surface area (Å²) in [5, 5.41) is 3.76. The van der Waals surface area contributed by atoms with Gasteiger partial charge in [-0.3, -0.25) is 0 Å². The first-order chi connectivity index (χ1) is 9.92. The van der Waals surface area contributed by atoms with E-state index in [4.69, 9.17) is 4.74 Å². The second-order valence-electron chi connectivity index (χ2n) is 8.37. The molecule has 0 saturated carbocycles. The normalized spacial score (nSPS) is 27.7. The average molecular weight is 296 g/mol. The fourth-order valence-corrected chi connectivity index (χ4v) is 3.75. The molecule has 2 aliphatic rings. The van der Waals surface area contributed by atoms with Gasteiger partial charge in [-0.2, -0.15) is 0 Å². The van der Waals surface area contributed by atoms with E-state index in [2.05, 4.69) is 37.9 Å². The molecular formula is C18H36N2O. The number of nitrogens with zero attached hydrogens (tertiary/aromatic N) is 1. The Labute approximate surface area is 131 Å². The largest absolute Gasteiger partial charge is 0.381 e. The number of hydrogen-bond donors (Lipinski definition) is 1. The summed E-state index contributed by atoms with van der Waals surface area (Å²) in [5.41, 5.74) is 0.625. The van der Waals surface area contributed by atoms with E-state index in [0.717, 1.165) is 25.7 Å². The molecule has 1 atom stereocenters. The molecule has 2 saturated heterocycles. The molecule has 124 valence electrons. The van der Waals surface area contributed by atoms with Gasteiger partial charge in [0.15, 0.2) is 0 Å². The lowest BCUT2D eigenvalue weighted by Crippen LogP contribution is -2.52. The van der Waals surface area contributed by atoms with Crippen LogP contribution in [0.25, 0.3) is 0 Å². The van der Waals surface area contributed by atoms with Crippen molar-refractivity contribution in [2.75, 3.05) is 39.4 Å². The van der Waals surface area contributed by atoms with Crippen LogP contribution < -0.4 is 5.32 Å². The Morgan fingerprint density at radius 3 is 2.57 bits per heavy atom. The van der Waals surface area contributed by atoms with Gasteiger partial charge in [0.05, 0.1) is 0 Å². The van der Waals surface area contributed by atoms with E-state index in [1.54, 1.807) is 0 Å². The second-order valence-corrected chi connectivity index (χ2v) is 8.37. The zero-order chi connectivity index (χ0) is 15.3. The van der Waals surface area contributed by atoms with Gasteiger partial charge < -0.3 is 15.0 Å². The minimum Gasteiger partial charge on any atom is -0.381 e. The van der Waals surface area contributed by atoms with E-state index in [9.17, 15) is 0 Å². The van der Waals surface area contributed by atoms with E-state index in [1.807, 2.05) is 0 Å². The number of hydrogen-bond acceptors (Lipinski definition) is 3. The van der Waals surface area contributed by atoms with Crippen molar-refractivity contribution in [1.29, 1.82) is 0 Å². The highest BCUT2D eigenvalue weighted by atomic mass is 16.5. The van der Waals surface area contributed by atoms with Crippen molar-refractivity contribution in [3.8, 4) is 0 Å². The lowest BCUT2D eigenvalue weighted by atomic mass is 9.78. The summed E-state index contributed by atoms with van der Waals surface area (Å²) in [6.45, 7) is 16.1. The van der Waals surface area contributed by atoms with Crippen LogP contribution in [0, 0.1) is 11.3 Å². The Kier molecular flexibility index (Phi) is 6.10. The highest BCUT2D eigenvalue weighted by Gasteiger charge is 2.36. The van der Waals surface area contributed by atoms with Gasteiger partial charge in [-0.15, -0.1) is 0 Å². The molecule has 21 heavy (non-hydrogen) atoms. The lowest BCUT2D eigenvalue weighted by Gasteiger charge is -2.44. The van der Waals surface area contributed by atoms with Crippen LogP contribution in [-0.4, -0.2) is 49.8 Å². The topological polar surface area (TPSA) is 24.5 Å². The Morgan fingerprint density at radius 1 is 1.24 bits per heavy atom. The van der Waals surface area contributed by atoms with Crippen molar-refractivity contribution < 1.29 is 4.74 Å². The van der Waals surface area contributed by atoms with Gasteiger partial charge in [-0.25, -0.2) is 0 Å². The summed E-state index contributed by atoms with van der Waals surface area (Å²) in [6.07, 6.45) is 6.58. The summed E-state index contributed by atoms with van der Waals surface area (Å²) >= 11 is 0. The first-order valence-corrected chi connectivity index (χ1v) is 8.98. The highest BCUT2D eigenvalue weighted by Crippen LogP contribution is 2.33. The molecule has 0 radical (unpaired) electrons. The third-order valence-electron chi connectivity index (χ3n) is 5.29. The lowest BCUT2D eigenvalue weighted by molar-refractivity contribution is -0.0137. The molecule has 0 aromatic heterocycles. The van der Waals surface area contributed by atoms with Crippen molar-refractivity contribution >= 4 is 0 Å². The standard InChI is InChI=1S/C18H36N2O/c1-5-16-7-6-10-20(13-16)15-18(8-11-21-12-9-18)14-19-17(2,3)4/h16,19H,5-15H2,1-4H3. The van der Waals surface area contributed by atoms with E-state index in [0.29, 0.717) is 5.41 Å². The summed E-state index contributed by atoms with van der Waals surface area (Å²) < 4.78 is 5.64. The average Bonchev–Trinajstić information content (AvgIpc) is 2.46. The number of likely N-dealkylation sites (tertiary alicyclic amines) is 1. The molecular weight excluding hydrogens is 260 g/mol. The number of nitrogens with one attached hydrogen (secondary N) is 1. The van der Waals surface area contributed by atoms with Crippen LogP contribution >= 0.6 is 0 Å². The van der Waals surface area contributed by atoms with Gasteiger partial charge in [0.25, 0.3) is 0 Å². The smallest absolute Gasteiger partial charge is 0.0472 e. The minimum atomic E-state index is 0.207. The second kappa shape index (κ2) is 7.43. The molecule has 2 fully saturated rings. The molecule has 0 amide bonds. The van der Waals surface area contributed by atoms with Gasteiger partial charge in [0.2, 0.25) is 0 Å². The fourth-order valence-electron chi connectivity index (χ4n) is 3.75. The Bertz CT molecular complexity index is 305. The van der Waals surface area contributed by atoms with Crippen molar-refractivity contribution in [2.24, 2.45) is 11.3 Å². The molecule has 0 aliphatic carbocycles. The van der Waals surface area contributed by atoms with Crippen molar-refractivity contribution in [3.05, 3.63) is 0 Å². The van der Waals surface area contributed by atoms with Crippen LogP contribution in [0.15, 0.2) is 0 Å². The summed E-state index contributed by atoms with van der Waals surface area (Å²) in [4.78, 5) is 2.74. The Morgan fingerprint density at radius 2 is 1.95 bits per heavy atom. The predicted octanol–water partition coefficient (Wildman–Crippen LogP) is 3.29. The third kappa shape index (κ3) is 5.54. The van der Waals surface area contributed by atoms with E-state index < -0.39 is 0 Å². The fraction of sp³-hybridized carbons (Fsp3) is 1.00. The summed E-state index contributed by atoms with van der Waals surface area (Å²) in [6, 6.07) is 0. The highest BCUT2D eigenvalue weighted by molar-refractivity contribution is 4.90. The quantitative estimate of drug-likeness (QED) is 0.842. The summed E-state index contributed by atoms with van der Waals surface area (Å²) in [7, 11) is 0. The van der Waals surface area contributed by atoms with Gasteiger partial charge in [0.1, 0.15) is 0 Å². The molecule has 2 aliphatic heterocycles. The molecule has 0 aromatic rings. The Balaban J connectivity index is 1.95. The monoisotopic (exact) mass is 296 g/mol. The van der Waals surface area contributed by atoms with E-state index >= 15 is 0 Å². The molecule has 3 heteroatoms. The van der Waals surface area contributed by atoms with Gasteiger partial charge >= 0.3 is 0 Å². The molecule has 0 bridgehead atoms. The molecule has 1 N–H and O–H groups in total. The van der Waals surface area contributed by atoms with Crippen LogP contribution in [0.3, 0.4) is 0 Å². The number of ether oxygens (including phenoxy) is 1. The van der Waals surface area contributed by atoms with Gasteiger partial charge in [-0.05, 0) is 64.3 Å². The maximum Gasteiger partial charge on any atom is 0.0472 e. The minimum absolute atomic E-state index is 0.207. The molecule has 0 aromatic carbocycles. The zero-order valence-electron chi connectivity index (χ0n) is 14.7. The SMILES string of the molecule is CCC1CCCN(CC2(CNC(C)(C)C)CCOCC2)C1. The van der Waals surface area contributed by atoms with Crippen molar-refractivity contribution in [1.82, 2.24) is 10.2 Å². The number of piperidine rings is 1. The molecule has 0 spiro atoms. The Hall–Kier alpha value is -0.120. The van der Waals surface area contributed by atoms with E-state index in [1.165, 1.54) is 51.7 Å². The summed E-state index contributed by atoms with van der Waals surface area (Å²) in [5.74, 6) is 0.922. The first-order valence-electron chi connectivity index (χ1n) is 8.98. The maximum absolute atomic E-state index is 5.64. The van der Waals surface area contributed by atoms with Crippen molar-refractivity contribution in [3.63, 3.8) is 0 Å². The van der Waals surface area contributed by atoms with Gasteiger partial charge in [0, 0.05) is 38.4 Å². The zero-order valence-corrected chi connectivity index (χ0v) is 14.7. The first kappa shape index (κ1) is 17.2. The number of rotatable bonds is 5. The van der Waals surface area contributed by atoms with Crippen molar-refractivity contribution in [2.45, 2.75) is 65.3 Å². The maximum atomic E-state index is 5.64. The molecule has 2 heterocycles. The third-order valence-corrected chi connectivity index (χ3v) is 5.29.